The van der Waals surface area contributed by atoms with Crippen molar-refractivity contribution in [2.75, 3.05) is 11.4 Å². The van der Waals surface area contributed by atoms with E-state index in [1.807, 2.05) is 0 Å². The molecule has 112 valence electrons. The Labute approximate surface area is 123 Å². The summed E-state index contributed by atoms with van der Waals surface area (Å²) < 4.78 is 0. The number of hydrogen-bond donors (Lipinski definition) is 1. The molecule has 1 saturated carbocycles. The quantitative estimate of drug-likeness (QED) is 0.837. The highest BCUT2D eigenvalue weighted by atomic mass is 16.3. The van der Waals surface area contributed by atoms with Gasteiger partial charge in [-0.05, 0) is 38.2 Å². The number of anilines is 1. The highest BCUT2D eigenvalue weighted by Crippen LogP contribution is 2.31. The molecule has 1 N–H and O–H groups in total. The van der Waals surface area contributed by atoms with E-state index in [0.717, 1.165) is 18.0 Å². The van der Waals surface area contributed by atoms with Gasteiger partial charge >= 0.3 is 0 Å². The molecule has 1 aliphatic rings. The zero-order valence-corrected chi connectivity index (χ0v) is 13.2. The standard InChI is InChI=1S/C18H29NO/c1-14(2)10-11-19(17-6-4-5-7-17)18-9-8-15(3)12-16(18)13-20/h8-9,12,14,17,20H,4-7,10-11,13H2,1-3H3. The van der Waals surface area contributed by atoms with E-state index in [1.54, 1.807) is 0 Å². The third-order valence-corrected chi connectivity index (χ3v) is 4.43. The Morgan fingerprint density at radius 1 is 1.25 bits per heavy atom. The molecule has 2 heteroatoms. The number of benzene rings is 1. The Hall–Kier alpha value is -1.02. The molecule has 0 atom stereocenters. The minimum Gasteiger partial charge on any atom is -0.392 e. The van der Waals surface area contributed by atoms with Crippen molar-refractivity contribution >= 4 is 5.69 Å². The van der Waals surface area contributed by atoms with Gasteiger partial charge in [0.2, 0.25) is 0 Å². The van der Waals surface area contributed by atoms with E-state index in [2.05, 4.69) is 43.9 Å². The van der Waals surface area contributed by atoms with Crippen LogP contribution >= 0.6 is 0 Å². The first-order valence-corrected chi connectivity index (χ1v) is 8.09. The molecule has 0 radical (unpaired) electrons. The molecule has 1 aromatic rings. The van der Waals surface area contributed by atoms with Gasteiger partial charge in [-0.2, -0.15) is 0 Å². The summed E-state index contributed by atoms with van der Waals surface area (Å²) in [5.74, 6) is 0.724. The lowest BCUT2D eigenvalue weighted by molar-refractivity contribution is 0.281. The Morgan fingerprint density at radius 3 is 2.55 bits per heavy atom. The van der Waals surface area contributed by atoms with Crippen LogP contribution in [0.3, 0.4) is 0 Å². The first kappa shape index (κ1) is 15.4. The molecule has 2 rings (SSSR count). The van der Waals surface area contributed by atoms with Crippen molar-refractivity contribution < 1.29 is 5.11 Å². The van der Waals surface area contributed by atoms with Crippen molar-refractivity contribution in [1.82, 2.24) is 0 Å². The van der Waals surface area contributed by atoms with Crippen LogP contribution in [0.5, 0.6) is 0 Å². The average Bonchev–Trinajstić information content (AvgIpc) is 2.94. The summed E-state index contributed by atoms with van der Waals surface area (Å²) in [5, 5.41) is 9.69. The number of rotatable bonds is 6. The van der Waals surface area contributed by atoms with Gasteiger partial charge in [0.15, 0.2) is 0 Å². The second-order valence-electron chi connectivity index (χ2n) is 6.60. The second kappa shape index (κ2) is 7.12. The zero-order chi connectivity index (χ0) is 14.5. The fourth-order valence-electron chi connectivity index (χ4n) is 3.23. The van der Waals surface area contributed by atoms with E-state index < -0.39 is 0 Å². The minimum absolute atomic E-state index is 0.141. The first-order valence-electron chi connectivity index (χ1n) is 8.09. The lowest BCUT2D eigenvalue weighted by Crippen LogP contribution is -2.35. The van der Waals surface area contributed by atoms with Crippen molar-refractivity contribution in [3.63, 3.8) is 0 Å². The fourth-order valence-corrected chi connectivity index (χ4v) is 3.23. The Kier molecular flexibility index (Phi) is 5.47. The van der Waals surface area contributed by atoms with Crippen LogP contribution < -0.4 is 4.90 Å². The lowest BCUT2D eigenvalue weighted by atomic mass is 10.0. The number of aliphatic hydroxyl groups is 1. The number of aryl methyl sites for hydroxylation is 1. The number of hydrogen-bond acceptors (Lipinski definition) is 2. The van der Waals surface area contributed by atoms with E-state index in [4.69, 9.17) is 0 Å². The van der Waals surface area contributed by atoms with Crippen LogP contribution in [-0.4, -0.2) is 17.7 Å². The highest BCUT2D eigenvalue weighted by molar-refractivity contribution is 5.55. The van der Waals surface area contributed by atoms with Crippen LogP contribution in [0.1, 0.15) is 57.1 Å². The zero-order valence-electron chi connectivity index (χ0n) is 13.2. The van der Waals surface area contributed by atoms with Gasteiger partial charge in [-0.25, -0.2) is 0 Å². The molecular formula is C18H29NO. The molecular weight excluding hydrogens is 246 g/mol. The average molecular weight is 275 g/mol. The molecule has 0 aliphatic heterocycles. The molecule has 20 heavy (non-hydrogen) atoms. The maximum Gasteiger partial charge on any atom is 0.0702 e. The summed E-state index contributed by atoms with van der Waals surface area (Å²) >= 11 is 0. The maximum absolute atomic E-state index is 9.69. The van der Waals surface area contributed by atoms with Crippen LogP contribution in [0.25, 0.3) is 0 Å². The van der Waals surface area contributed by atoms with Gasteiger partial charge in [-0.3, -0.25) is 0 Å². The molecule has 1 fully saturated rings. The molecule has 1 aromatic carbocycles. The third kappa shape index (κ3) is 3.76. The van der Waals surface area contributed by atoms with Gasteiger partial charge in [-0.1, -0.05) is 44.4 Å². The van der Waals surface area contributed by atoms with E-state index >= 15 is 0 Å². The first-order chi connectivity index (χ1) is 9.61. The summed E-state index contributed by atoms with van der Waals surface area (Å²) in [6.45, 7) is 7.92. The van der Waals surface area contributed by atoms with Crippen molar-refractivity contribution in [2.24, 2.45) is 5.92 Å². The van der Waals surface area contributed by atoms with Crippen molar-refractivity contribution in [3.05, 3.63) is 29.3 Å². The summed E-state index contributed by atoms with van der Waals surface area (Å²) in [5.41, 5.74) is 3.57. The highest BCUT2D eigenvalue weighted by Gasteiger charge is 2.24. The summed E-state index contributed by atoms with van der Waals surface area (Å²) in [6.07, 6.45) is 6.52. The summed E-state index contributed by atoms with van der Waals surface area (Å²) in [7, 11) is 0. The van der Waals surface area contributed by atoms with Gasteiger partial charge in [0.25, 0.3) is 0 Å². The van der Waals surface area contributed by atoms with Crippen LogP contribution in [0.2, 0.25) is 0 Å². The monoisotopic (exact) mass is 275 g/mol. The van der Waals surface area contributed by atoms with Gasteiger partial charge in [0, 0.05) is 23.8 Å². The maximum atomic E-state index is 9.69. The molecule has 2 nitrogen and oxygen atoms in total. The molecule has 0 saturated heterocycles. The third-order valence-electron chi connectivity index (χ3n) is 4.43. The molecule has 0 unspecified atom stereocenters. The summed E-state index contributed by atoms with van der Waals surface area (Å²) in [4.78, 5) is 2.57. The smallest absolute Gasteiger partial charge is 0.0702 e. The van der Waals surface area contributed by atoms with E-state index in [9.17, 15) is 5.11 Å². The van der Waals surface area contributed by atoms with Crippen molar-refractivity contribution in [1.29, 1.82) is 0 Å². The van der Waals surface area contributed by atoms with Crippen LogP contribution in [0, 0.1) is 12.8 Å². The van der Waals surface area contributed by atoms with Gasteiger partial charge in [-0.15, -0.1) is 0 Å². The topological polar surface area (TPSA) is 23.5 Å². The fraction of sp³-hybridized carbons (Fsp3) is 0.667. The van der Waals surface area contributed by atoms with Gasteiger partial charge in [0.1, 0.15) is 0 Å². The van der Waals surface area contributed by atoms with Crippen LogP contribution in [0.4, 0.5) is 5.69 Å². The Balaban J connectivity index is 2.24. The van der Waals surface area contributed by atoms with E-state index in [1.165, 1.54) is 43.4 Å². The molecule has 0 aromatic heterocycles. The molecule has 0 bridgehead atoms. The molecule has 0 amide bonds. The molecule has 0 spiro atoms. The predicted molar refractivity (Wildman–Crippen MR) is 86.2 cm³/mol. The van der Waals surface area contributed by atoms with Gasteiger partial charge in [0.05, 0.1) is 6.61 Å². The summed E-state index contributed by atoms with van der Waals surface area (Å²) in [6, 6.07) is 7.18. The van der Waals surface area contributed by atoms with Crippen molar-refractivity contribution in [2.45, 2.75) is 65.5 Å². The molecule has 0 heterocycles. The van der Waals surface area contributed by atoms with E-state index in [-0.39, 0.29) is 6.61 Å². The number of nitrogens with zero attached hydrogens (tertiary/aromatic N) is 1. The Bertz CT molecular complexity index is 421. The molecule has 1 aliphatic carbocycles. The van der Waals surface area contributed by atoms with Crippen LogP contribution in [0.15, 0.2) is 18.2 Å². The largest absolute Gasteiger partial charge is 0.392 e. The van der Waals surface area contributed by atoms with Crippen molar-refractivity contribution in [3.8, 4) is 0 Å². The number of aliphatic hydroxyl groups excluding tert-OH is 1. The second-order valence-corrected chi connectivity index (χ2v) is 6.60. The lowest BCUT2D eigenvalue weighted by Gasteiger charge is -2.33. The minimum atomic E-state index is 0.141. The SMILES string of the molecule is Cc1ccc(N(CCC(C)C)C2CCCC2)c(CO)c1. The Morgan fingerprint density at radius 2 is 1.95 bits per heavy atom. The van der Waals surface area contributed by atoms with Crippen LogP contribution in [-0.2, 0) is 6.61 Å². The predicted octanol–water partition coefficient (Wildman–Crippen LogP) is 4.28. The van der Waals surface area contributed by atoms with Gasteiger partial charge < -0.3 is 10.0 Å². The van der Waals surface area contributed by atoms with E-state index in [0.29, 0.717) is 6.04 Å². The normalized spacial score (nSPS) is 16.1.